The summed E-state index contributed by atoms with van der Waals surface area (Å²) in [6.45, 7) is 0. The largest absolute Gasteiger partial charge is 0.452 e. The number of halogens is 8. The smallest absolute Gasteiger partial charge is 0.420 e. The Kier molecular flexibility index (Phi) is 5.55. The van der Waals surface area contributed by atoms with Crippen molar-refractivity contribution >= 4 is 23.2 Å². The van der Waals surface area contributed by atoms with Gasteiger partial charge in [-0.1, -0.05) is 23.2 Å². The highest BCUT2D eigenvalue weighted by molar-refractivity contribution is 6.30. The van der Waals surface area contributed by atoms with Gasteiger partial charge in [0.15, 0.2) is 11.5 Å². The van der Waals surface area contributed by atoms with E-state index < -0.39 is 35.0 Å². The van der Waals surface area contributed by atoms with E-state index in [2.05, 4.69) is 0 Å². The highest BCUT2D eigenvalue weighted by Gasteiger charge is 2.43. The van der Waals surface area contributed by atoms with Crippen LogP contribution in [0.15, 0.2) is 69.5 Å². The fourth-order valence-electron chi connectivity index (χ4n) is 3.05. The Morgan fingerprint density at radius 2 is 0.844 bits per heavy atom. The highest BCUT2D eigenvalue weighted by atomic mass is 35.5. The molecular weight excluding hydrogens is 481 g/mol. The molecule has 0 radical (unpaired) electrons. The fraction of sp³-hybridized carbons (Fsp3) is 0.0909. The minimum absolute atomic E-state index is 0.198. The molecule has 0 unspecified atom stereocenters. The first-order chi connectivity index (χ1) is 14.9. The number of hydrogen-bond donors (Lipinski definition) is 0. The zero-order valence-electron chi connectivity index (χ0n) is 15.6. The predicted molar refractivity (Wildman–Crippen MR) is 107 cm³/mol. The molecule has 166 valence electrons. The average Bonchev–Trinajstić information content (AvgIpc) is 3.33. The summed E-state index contributed by atoms with van der Waals surface area (Å²) in [4.78, 5) is 0. The van der Waals surface area contributed by atoms with Gasteiger partial charge in [-0.15, -0.1) is 0 Å². The molecule has 10 heteroatoms. The lowest BCUT2D eigenvalue weighted by atomic mass is 10.1. The van der Waals surface area contributed by atoms with E-state index >= 15 is 0 Å². The second-order valence-corrected chi connectivity index (χ2v) is 7.59. The molecule has 0 N–H and O–H groups in total. The Bertz CT molecular complexity index is 1150. The summed E-state index contributed by atoms with van der Waals surface area (Å²) < 4.78 is 92.8. The topological polar surface area (TPSA) is 26.3 Å². The average molecular weight is 491 g/mol. The summed E-state index contributed by atoms with van der Waals surface area (Å²) in [6, 6.07) is 12.5. The van der Waals surface area contributed by atoms with Gasteiger partial charge in [-0.25, -0.2) is 0 Å². The molecule has 2 nitrogen and oxygen atoms in total. The lowest BCUT2D eigenvalue weighted by molar-refractivity contribution is -0.140. The van der Waals surface area contributed by atoms with E-state index in [0.717, 1.165) is 0 Å². The standard InChI is InChI=1S/C22H10Cl2F6O2/c23-13-5-1-11(2-6-13)17-9-15(21(25,26)27)19(31-17)20-16(22(28,29)30)10-18(32-20)12-3-7-14(24)8-4-12/h1-10H. The van der Waals surface area contributed by atoms with Crippen molar-refractivity contribution in [2.24, 2.45) is 0 Å². The van der Waals surface area contributed by atoms with Crippen molar-refractivity contribution in [3.05, 3.63) is 81.8 Å². The van der Waals surface area contributed by atoms with Crippen LogP contribution in [0.5, 0.6) is 0 Å². The van der Waals surface area contributed by atoms with Crippen molar-refractivity contribution in [1.29, 1.82) is 0 Å². The zero-order chi connectivity index (χ0) is 23.3. The maximum atomic E-state index is 13.7. The number of rotatable bonds is 3. The third kappa shape index (κ3) is 4.38. The minimum atomic E-state index is -5.00. The van der Waals surface area contributed by atoms with Crippen LogP contribution < -0.4 is 0 Å². The first-order valence-electron chi connectivity index (χ1n) is 8.88. The lowest BCUT2D eigenvalue weighted by Crippen LogP contribution is -2.08. The molecule has 0 amide bonds. The second kappa shape index (κ2) is 7.94. The van der Waals surface area contributed by atoms with Gasteiger partial charge in [0, 0.05) is 21.2 Å². The SMILES string of the molecule is FC(F)(F)c1cc(-c2ccc(Cl)cc2)oc1-c1oc(-c2ccc(Cl)cc2)cc1C(F)(F)F. The van der Waals surface area contributed by atoms with Gasteiger partial charge in [0.05, 0.1) is 0 Å². The van der Waals surface area contributed by atoms with E-state index in [0.29, 0.717) is 22.2 Å². The van der Waals surface area contributed by atoms with Crippen LogP contribution in [0.2, 0.25) is 10.0 Å². The quantitative estimate of drug-likeness (QED) is 0.267. The van der Waals surface area contributed by atoms with Gasteiger partial charge < -0.3 is 8.83 Å². The summed E-state index contributed by atoms with van der Waals surface area (Å²) >= 11 is 11.6. The monoisotopic (exact) mass is 490 g/mol. The van der Waals surface area contributed by atoms with Crippen molar-refractivity contribution in [3.8, 4) is 34.2 Å². The molecule has 0 spiro atoms. The molecule has 0 atom stereocenters. The van der Waals surface area contributed by atoms with Gasteiger partial charge in [-0.3, -0.25) is 0 Å². The molecule has 0 aliphatic rings. The molecule has 2 heterocycles. The van der Waals surface area contributed by atoms with Crippen LogP contribution in [-0.2, 0) is 12.4 Å². The Morgan fingerprint density at radius 3 is 1.12 bits per heavy atom. The van der Waals surface area contributed by atoms with Crippen molar-refractivity contribution in [2.45, 2.75) is 12.4 Å². The predicted octanol–water partition coefficient (Wildman–Crippen LogP) is 9.22. The minimum Gasteiger partial charge on any atom is -0.452 e. The molecule has 2 aromatic heterocycles. The third-order valence-corrected chi connectivity index (χ3v) is 5.04. The van der Waals surface area contributed by atoms with Crippen molar-refractivity contribution in [1.82, 2.24) is 0 Å². The van der Waals surface area contributed by atoms with Gasteiger partial charge in [0.1, 0.15) is 22.6 Å². The Hall–Kier alpha value is -2.84. The second-order valence-electron chi connectivity index (χ2n) is 6.72. The molecule has 4 aromatic rings. The van der Waals surface area contributed by atoms with E-state index in [1.807, 2.05) is 0 Å². The molecule has 32 heavy (non-hydrogen) atoms. The van der Waals surface area contributed by atoms with E-state index in [1.54, 1.807) is 0 Å². The van der Waals surface area contributed by atoms with Crippen LogP contribution in [0.4, 0.5) is 26.3 Å². The Labute approximate surface area is 187 Å². The van der Waals surface area contributed by atoms with Crippen LogP contribution in [-0.4, -0.2) is 0 Å². The molecular formula is C22H10Cl2F6O2. The highest BCUT2D eigenvalue weighted by Crippen LogP contribution is 2.48. The van der Waals surface area contributed by atoms with Gasteiger partial charge >= 0.3 is 12.4 Å². The summed E-state index contributed by atoms with van der Waals surface area (Å²) in [5.74, 6) is -2.73. The number of hydrogen-bond acceptors (Lipinski definition) is 2. The summed E-state index contributed by atoms with van der Waals surface area (Å²) in [5, 5.41) is 0.657. The van der Waals surface area contributed by atoms with E-state index in [4.69, 9.17) is 32.0 Å². The van der Waals surface area contributed by atoms with Crippen LogP contribution in [0, 0.1) is 0 Å². The Balaban J connectivity index is 1.93. The van der Waals surface area contributed by atoms with Crippen LogP contribution in [0.25, 0.3) is 34.2 Å². The van der Waals surface area contributed by atoms with Gasteiger partial charge in [-0.05, 0) is 60.7 Å². The number of benzene rings is 2. The summed E-state index contributed by atoms with van der Waals surface area (Å²) in [5.41, 5.74) is -2.40. The molecule has 2 aromatic carbocycles. The zero-order valence-corrected chi connectivity index (χ0v) is 17.1. The van der Waals surface area contributed by atoms with Crippen molar-refractivity contribution in [2.75, 3.05) is 0 Å². The first-order valence-corrected chi connectivity index (χ1v) is 9.63. The first kappa shape index (κ1) is 22.4. The maximum Gasteiger partial charge on any atom is 0.420 e. The summed E-state index contributed by atoms with van der Waals surface area (Å²) in [6.07, 6.45) is -10.0. The van der Waals surface area contributed by atoms with E-state index in [1.165, 1.54) is 48.5 Å². The molecule has 4 rings (SSSR count). The van der Waals surface area contributed by atoms with Crippen LogP contribution in [0.3, 0.4) is 0 Å². The molecule has 0 saturated heterocycles. The summed E-state index contributed by atoms with van der Waals surface area (Å²) in [7, 11) is 0. The molecule has 0 bridgehead atoms. The lowest BCUT2D eigenvalue weighted by Gasteiger charge is -2.08. The van der Waals surface area contributed by atoms with E-state index in [-0.39, 0.29) is 22.6 Å². The van der Waals surface area contributed by atoms with Crippen LogP contribution >= 0.6 is 23.2 Å². The molecule has 0 fully saturated rings. The Morgan fingerprint density at radius 1 is 0.531 bits per heavy atom. The number of furan rings is 2. The maximum absolute atomic E-state index is 13.7. The molecule has 0 saturated carbocycles. The fourth-order valence-corrected chi connectivity index (χ4v) is 3.31. The van der Waals surface area contributed by atoms with Gasteiger partial charge in [-0.2, -0.15) is 26.3 Å². The normalized spacial score (nSPS) is 12.4. The van der Waals surface area contributed by atoms with Crippen molar-refractivity contribution in [3.63, 3.8) is 0 Å². The van der Waals surface area contributed by atoms with Gasteiger partial charge in [0.25, 0.3) is 0 Å². The van der Waals surface area contributed by atoms with Gasteiger partial charge in [0.2, 0.25) is 0 Å². The third-order valence-electron chi connectivity index (χ3n) is 4.54. The molecule has 0 aliphatic heterocycles. The molecule has 0 aliphatic carbocycles. The van der Waals surface area contributed by atoms with Crippen LogP contribution in [0.1, 0.15) is 11.1 Å². The number of alkyl halides is 6. The van der Waals surface area contributed by atoms with E-state index in [9.17, 15) is 26.3 Å². The van der Waals surface area contributed by atoms with Crippen molar-refractivity contribution < 1.29 is 35.2 Å².